The highest BCUT2D eigenvalue weighted by molar-refractivity contribution is 6.43. The summed E-state index contributed by atoms with van der Waals surface area (Å²) in [6, 6.07) is 5.87. The molecule has 1 aliphatic carbocycles. The second-order valence-corrected chi connectivity index (χ2v) is 8.70. The Labute approximate surface area is 173 Å². The summed E-state index contributed by atoms with van der Waals surface area (Å²) in [6.07, 6.45) is 9.32. The molecule has 2 aliphatic rings. The van der Waals surface area contributed by atoms with Gasteiger partial charge in [-0.3, -0.25) is 0 Å². The van der Waals surface area contributed by atoms with Gasteiger partial charge in [0.1, 0.15) is 12.0 Å². The molecule has 3 aromatic rings. The van der Waals surface area contributed by atoms with Crippen LogP contribution in [0, 0.1) is 5.41 Å². The van der Waals surface area contributed by atoms with Crippen LogP contribution in [0.1, 0.15) is 32.1 Å². The fraction of sp³-hybridized carbons (Fsp3) is 0.450. The van der Waals surface area contributed by atoms with Crippen molar-refractivity contribution in [2.45, 2.75) is 38.1 Å². The smallest absolute Gasteiger partial charge is 0.183 e. The van der Waals surface area contributed by atoms with E-state index < -0.39 is 0 Å². The fourth-order valence-electron chi connectivity index (χ4n) is 4.87. The zero-order valence-corrected chi connectivity index (χ0v) is 17.0. The molecule has 2 aromatic heterocycles. The molecule has 0 bridgehead atoms. The molecule has 1 aromatic carbocycles. The topological polar surface area (TPSA) is 72.3 Å². The van der Waals surface area contributed by atoms with Crippen molar-refractivity contribution in [1.82, 2.24) is 19.6 Å². The largest absolute Gasteiger partial charge is 0.355 e. The third-order valence-corrected chi connectivity index (χ3v) is 7.37. The van der Waals surface area contributed by atoms with E-state index in [1.807, 2.05) is 22.8 Å². The molecule has 0 amide bonds. The summed E-state index contributed by atoms with van der Waals surface area (Å²) in [7, 11) is 0. The van der Waals surface area contributed by atoms with E-state index in [4.69, 9.17) is 33.9 Å². The number of halogens is 2. The van der Waals surface area contributed by atoms with Crippen LogP contribution in [-0.4, -0.2) is 38.7 Å². The number of nitrogens with two attached hydrogens (primary N) is 1. The first-order valence-electron chi connectivity index (χ1n) is 9.73. The van der Waals surface area contributed by atoms with Crippen molar-refractivity contribution in [3.05, 3.63) is 40.8 Å². The zero-order valence-electron chi connectivity index (χ0n) is 15.5. The van der Waals surface area contributed by atoms with E-state index >= 15 is 0 Å². The van der Waals surface area contributed by atoms with Crippen LogP contribution in [0.4, 0.5) is 5.82 Å². The van der Waals surface area contributed by atoms with Gasteiger partial charge in [-0.15, -0.1) is 0 Å². The van der Waals surface area contributed by atoms with Crippen molar-refractivity contribution in [2.24, 2.45) is 11.1 Å². The summed E-state index contributed by atoms with van der Waals surface area (Å²) in [6.45, 7) is 1.92. The number of hydrogen-bond acceptors (Lipinski definition) is 5. The van der Waals surface area contributed by atoms with Crippen LogP contribution in [0.5, 0.6) is 0 Å². The average molecular weight is 417 g/mol. The molecule has 1 unspecified atom stereocenters. The first kappa shape index (κ1) is 18.2. The minimum absolute atomic E-state index is 0.319. The minimum atomic E-state index is 0.319. The molecule has 6 nitrogen and oxygen atoms in total. The Morgan fingerprint density at radius 2 is 1.93 bits per heavy atom. The van der Waals surface area contributed by atoms with Crippen molar-refractivity contribution in [1.29, 1.82) is 0 Å². The van der Waals surface area contributed by atoms with Crippen molar-refractivity contribution < 1.29 is 0 Å². The predicted octanol–water partition coefficient (Wildman–Crippen LogP) is 4.20. The third-order valence-electron chi connectivity index (χ3n) is 6.55. The van der Waals surface area contributed by atoms with Crippen molar-refractivity contribution in [2.75, 3.05) is 18.0 Å². The van der Waals surface area contributed by atoms with Gasteiger partial charge < -0.3 is 10.6 Å². The molecule has 2 N–H and O–H groups in total. The van der Waals surface area contributed by atoms with Crippen molar-refractivity contribution >= 4 is 34.7 Å². The Morgan fingerprint density at radius 3 is 2.68 bits per heavy atom. The lowest BCUT2D eigenvalue weighted by Gasteiger charge is -2.42. The monoisotopic (exact) mass is 416 g/mol. The van der Waals surface area contributed by atoms with Gasteiger partial charge in [0.15, 0.2) is 11.5 Å². The van der Waals surface area contributed by atoms with Gasteiger partial charge in [-0.2, -0.15) is 9.61 Å². The number of hydrogen-bond donors (Lipinski definition) is 1. The van der Waals surface area contributed by atoms with E-state index in [9.17, 15) is 0 Å². The molecule has 1 spiro atoms. The maximum Gasteiger partial charge on any atom is 0.183 e. The quantitative estimate of drug-likeness (QED) is 0.677. The van der Waals surface area contributed by atoms with Gasteiger partial charge in [-0.1, -0.05) is 41.8 Å². The fourth-order valence-corrected chi connectivity index (χ4v) is 5.26. The molecular formula is C20H22Cl2N6. The Hall–Kier alpha value is -1.89. The Kier molecular flexibility index (Phi) is 4.45. The Balaban J connectivity index is 1.50. The zero-order chi connectivity index (χ0) is 19.3. The number of piperidine rings is 1. The summed E-state index contributed by atoms with van der Waals surface area (Å²) in [5.74, 6) is 0.954. The molecule has 8 heteroatoms. The van der Waals surface area contributed by atoms with Crippen molar-refractivity contribution in [3.63, 3.8) is 0 Å². The SMILES string of the molecule is NC1CCCC12CCN(c1cnc(-c3cccc(Cl)c3Cl)c3ncnn13)CC2. The standard InChI is InChI=1S/C20H22Cl2N6/c21-14-4-1-3-13(17(14)22)18-19-25-12-26-28(19)16(11-24-18)27-9-7-20(8-10-27)6-2-5-15(20)23/h1,3-4,11-12,15H,2,5-10,23H2. The average Bonchev–Trinajstić information content (AvgIpc) is 3.32. The molecule has 1 saturated carbocycles. The van der Waals surface area contributed by atoms with Gasteiger partial charge >= 0.3 is 0 Å². The number of fused-ring (bicyclic) bond motifs is 1. The van der Waals surface area contributed by atoms with Gasteiger partial charge in [-0.05, 0) is 37.2 Å². The molecule has 1 atom stereocenters. The van der Waals surface area contributed by atoms with Crippen LogP contribution in [-0.2, 0) is 0 Å². The highest BCUT2D eigenvalue weighted by Crippen LogP contribution is 2.46. The number of benzene rings is 1. The van der Waals surface area contributed by atoms with Crippen LogP contribution in [0.25, 0.3) is 16.9 Å². The molecule has 1 aliphatic heterocycles. The summed E-state index contributed by atoms with van der Waals surface area (Å²) in [5.41, 5.74) is 8.87. The minimum Gasteiger partial charge on any atom is -0.355 e. The first-order valence-corrected chi connectivity index (χ1v) is 10.5. The van der Waals surface area contributed by atoms with E-state index in [-0.39, 0.29) is 0 Å². The summed E-state index contributed by atoms with van der Waals surface area (Å²) >= 11 is 12.6. The highest BCUT2D eigenvalue weighted by Gasteiger charge is 2.43. The van der Waals surface area contributed by atoms with Crippen LogP contribution in [0.3, 0.4) is 0 Å². The summed E-state index contributed by atoms with van der Waals surface area (Å²) < 4.78 is 1.85. The lowest BCUT2D eigenvalue weighted by molar-refractivity contribution is 0.197. The molecule has 3 heterocycles. The Bertz CT molecular complexity index is 1020. The van der Waals surface area contributed by atoms with Gasteiger partial charge in [0.25, 0.3) is 0 Å². The van der Waals surface area contributed by atoms with Crippen LogP contribution in [0.15, 0.2) is 30.7 Å². The normalized spacial score (nSPS) is 21.7. The lowest BCUT2D eigenvalue weighted by Crippen LogP contribution is -2.47. The van der Waals surface area contributed by atoms with E-state index in [1.54, 1.807) is 12.4 Å². The first-order chi connectivity index (χ1) is 13.6. The molecule has 28 heavy (non-hydrogen) atoms. The molecule has 1 saturated heterocycles. The van der Waals surface area contributed by atoms with Gasteiger partial charge in [0.2, 0.25) is 0 Å². The second kappa shape index (κ2) is 6.87. The Morgan fingerprint density at radius 1 is 1.11 bits per heavy atom. The van der Waals surface area contributed by atoms with E-state index in [1.165, 1.54) is 12.8 Å². The predicted molar refractivity (Wildman–Crippen MR) is 112 cm³/mol. The molecule has 5 rings (SSSR count). The molecule has 0 radical (unpaired) electrons. The molecular weight excluding hydrogens is 395 g/mol. The number of nitrogens with zero attached hydrogens (tertiary/aromatic N) is 5. The summed E-state index contributed by atoms with van der Waals surface area (Å²) in [4.78, 5) is 11.5. The number of anilines is 1. The highest BCUT2D eigenvalue weighted by atomic mass is 35.5. The van der Waals surface area contributed by atoms with E-state index in [0.717, 1.165) is 43.7 Å². The van der Waals surface area contributed by atoms with Gasteiger partial charge in [-0.25, -0.2) is 9.97 Å². The van der Waals surface area contributed by atoms with Gasteiger partial charge in [0.05, 0.1) is 16.2 Å². The third kappa shape index (κ3) is 2.78. The van der Waals surface area contributed by atoms with Gasteiger partial charge in [0, 0.05) is 24.7 Å². The molecule has 146 valence electrons. The van der Waals surface area contributed by atoms with Crippen LogP contribution >= 0.6 is 23.2 Å². The van der Waals surface area contributed by atoms with E-state index in [2.05, 4.69) is 15.0 Å². The number of aromatic nitrogens is 4. The van der Waals surface area contributed by atoms with Crippen molar-refractivity contribution in [3.8, 4) is 11.3 Å². The van der Waals surface area contributed by atoms with Crippen LogP contribution in [0.2, 0.25) is 10.0 Å². The maximum absolute atomic E-state index is 6.43. The lowest BCUT2D eigenvalue weighted by atomic mass is 9.74. The maximum atomic E-state index is 6.43. The second-order valence-electron chi connectivity index (χ2n) is 7.91. The molecule has 2 fully saturated rings. The summed E-state index contributed by atoms with van der Waals surface area (Å²) in [5, 5.41) is 5.43. The van der Waals surface area contributed by atoms with Crippen LogP contribution < -0.4 is 10.6 Å². The number of rotatable bonds is 2. The van der Waals surface area contributed by atoms with E-state index in [0.29, 0.717) is 32.8 Å².